The molecule has 0 amide bonds. The van der Waals surface area contributed by atoms with E-state index in [1.54, 1.807) is 12.4 Å². The molecular formula is C21H27F2N7. The van der Waals surface area contributed by atoms with Crippen molar-refractivity contribution in [3.05, 3.63) is 29.7 Å². The first-order valence-corrected chi connectivity index (χ1v) is 10.6. The average molecular weight is 415 g/mol. The molecule has 1 unspecified atom stereocenters. The molecule has 0 bridgehead atoms. The lowest BCUT2D eigenvalue weighted by Crippen LogP contribution is -2.42. The van der Waals surface area contributed by atoms with E-state index in [0.717, 1.165) is 61.8 Å². The number of hydrogen-bond acceptors (Lipinski definition) is 7. The van der Waals surface area contributed by atoms with Crippen LogP contribution in [0.15, 0.2) is 18.5 Å². The van der Waals surface area contributed by atoms with Crippen LogP contribution >= 0.6 is 0 Å². The summed E-state index contributed by atoms with van der Waals surface area (Å²) in [5.74, 6) is -0.974. The molecule has 1 saturated carbocycles. The van der Waals surface area contributed by atoms with E-state index in [9.17, 15) is 8.78 Å². The maximum Gasteiger partial charge on any atom is 0.253 e. The minimum Gasteiger partial charge on any atom is -0.369 e. The number of hydrogen-bond donors (Lipinski definition) is 1. The fourth-order valence-electron chi connectivity index (χ4n) is 4.76. The molecule has 9 heteroatoms. The summed E-state index contributed by atoms with van der Waals surface area (Å²) in [6.07, 6.45) is 7.37. The molecule has 30 heavy (non-hydrogen) atoms. The molecule has 3 aliphatic rings. The first-order chi connectivity index (χ1) is 14.4. The molecule has 2 fully saturated rings. The van der Waals surface area contributed by atoms with Gasteiger partial charge in [-0.25, -0.2) is 23.7 Å². The van der Waals surface area contributed by atoms with Gasteiger partial charge in [-0.3, -0.25) is 0 Å². The van der Waals surface area contributed by atoms with Gasteiger partial charge >= 0.3 is 0 Å². The van der Waals surface area contributed by atoms with Crippen LogP contribution in [-0.2, 0) is 11.8 Å². The summed E-state index contributed by atoms with van der Waals surface area (Å²) < 4.78 is 26.7. The van der Waals surface area contributed by atoms with E-state index in [-0.39, 0.29) is 18.4 Å². The van der Waals surface area contributed by atoms with E-state index in [1.807, 2.05) is 25.1 Å². The van der Waals surface area contributed by atoms with Crippen LogP contribution in [0, 0.1) is 5.92 Å². The van der Waals surface area contributed by atoms with Gasteiger partial charge < -0.3 is 15.1 Å². The maximum absolute atomic E-state index is 13.3. The van der Waals surface area contributed by atoms with Gasteiger partial charge in [0.15, 0.2) is 0 Å². The average Bonchev–Trinajstić information content (AvgIpc) is 3.22. The predicted octanol–water partition coefficient (Wildman–Crippen LogP) is 2.88. The monoisotopic (exact) mass is 415 g/mol. The first-order valence-electron chi connectivity index (χ1n) is 10.6. The molecule has 1 aliphatic heterocycles. The molecule has 1 N–H and O–H groups in total. The van der Waals surface area contributed by atoms with Gasteiger partial charge in [0.2, 0.25) is 11.9 Å². The fourth-order valence-corrected chi connectivity index (χ4v) is 4.76. The Morgan fingerprint density at radius 2 is 1.83 bits per heavy atom. The van der Waals surface area contributed by atoms with Crippen LogP contribution in [0.2, 0.25) is 0 Å². The number of alkyl halides is 2. The number of aromatic nitrogens is 4. The second-order valence-corrected chi connectivity index (χ2v) is 8.95. The molecule has 2 aromatic heterocycles. The zero-order chi connectivity index (χ0) is 20.9. The zero-order valence-electron chi connectivity index (χ0n) is 17.4. The highest BCUT2D eigenvalue weighted by molar-refractivity contribution is 5.56. The molecule has 1 saturated heterocycles. The topological polar surface area (TPSA) is 70.1 Å². The summed E-state index contributed by atoms with van der Waals surface area (Å²) >= 11 is 0. The van der Waals surface area contributed by atoms with Crippen LogP contribution in [0.1, 0.15) is 36.9 Å². The van der Waals surface area contributed by atoms with Crippen molar-refractivity contribution >= 4 is 17.7 Å². The number of fused-ring (bicyclic) bond motifs is 2. The van der Waals surface area contributed by atoms with Gasteiger partial charge in [0.25, 0.3) is 5.92 Å². The van der Waals surface area contributed by atoms with Gasteiger partial charge in [0.1, 0.15) is 5.82 Å². The van der Waals surface area contributed by atoms with Crippen molar-refractivity contribution < 1.29 is 8.78 Å². The summed E-state index contributed by atoms with van der Waals surface area (Å²) in [6, 6.07) is 1.83. The number of rotatable bonds is 5. The zero-order valence-corrected chi connectivity index (χ0v) is 17.4. The number of halogens is 2. The molecular weight excluding hydrogens is 388 g/mol. The molecule has 5 rings (SSSR count). The standard InChI is InChI=1S/C21H27F2N7/c1-29(2)19-27-16-15(17(28-19)26-13-14-12-21(14,22)23)4-5-20(16)6-10-30(11-7-20)18-24-8-3-9-25-18/h3,8-9,14H,4-7,10-13H2,1-2H3,(H,26,27,28). The minimum atomic E-state index is -2.53. The molecule has 2 aliphatic carbocycles. The molecule has 1 atom stereocenters. The van der Waals surface area contributed by atoms with Gasteiger partial charge in [-0.15, -0.1) is 0 Å². The summed E-state index contributed by atoms with van der Waals surface area (Å²) in [7, 11) is 3.83. The van der Waals surface area contributed by atoms with Crippen molar-refractivity contribution in [3.8, 4) is 0 Å². The van der Waals surface area contributed by atoms with Crippen LogP contribution in [0.4, 0.5) is 26.5 Å². The van der Waals surface area contributed by atoms with Crippen LogP contribution in [0.5, 0.6) is 0 Å². The molecule has 7 nitrogen and oxygen atoms in total. The Hall–Kier alpha value is -2.58. The Kier molecular flexibility index (Phi) is 4.52. The van der Waals surface area contributed by atoms with Crippen molar-refractivity contribution in [1.82, 2.24) is 19.9 Å². The van der Waals surface area contributed by atoms with Crippen LogP contribution in [0.3, 0.4) is 0 Å². The molecule has 3 heterocycles. The largest absolute Gasteiger partial charge is 0.369 e. The van der Waals surface area contributed by atoms with E-state index < -0.39 is 11.8 Å². The third-order valence-corrected chi connectivity index (χ3v) is 6.78. The quantitative estimate of drug-likeness (QED) is 0.805. The van der Waals surface area contributed by atoms with Crippen LogP contribution in [-0.4, -0.2) is 59.6 Å². The first kappa shape index (κ1) is 19.4. The van der Waals surface area contributed by atoms with E-state index in [2.05, 4.69) is 25.2 Å². The smallest absolute Gasteiger partial charge is 0.253 e. The third kappa shape index (κ3) is 3.33. The summed E-state index contributed by atoms with van der Waals surface area (Å²) in [5.41, 5.74) is 2.21. The number of nitrogens with one attached hydrogen (secondary N) is 1. The van der Waals surface area contributed by atoms with E-state index >= 15 is 0 Å². The van der Waals surface area contributed by atoms with Crippen molar-refractivity contribution in [2.45, 2.75) is 43.4 Å². The highest BCUT2D eigenvalue weighted by Gasteiger charge is 2.56. The molecule has 160 valence electrons. The lowest BCUT2D eigenvalue weighted by atomic mass is 9.76. The van der Waals surface area contributed by atoms with Crippen molar-refractivity contribution in [2.75, 3.05) is 48.8 Å². The SMILES string of the molecule is CN(C)c1nc(NCC2CC2(F)F)c2c(n1)C1(CC2)CCN(c2ncccn2)CC1. The normalized spacial score (nSPS) is 23.3. The van der Waals surface area contributed by atoms with Gasteiger partial charge in [0.05, 0.1) is 5.69 Å². The Bertz CT molecular complexity index is 926. The highest BCUT2D eigenvalue weighted by atomic mass is 19.3. The van der Waals surface area contributed by atoms with Crippen LogP contribution < -0.4 is 15.1 Å². The Morgan fingerprint density at radius 1 is 1.13 bits per heavy atom. The summed E-state index contributed by atoms with van der Waals surface area (Å²) in [5, 5.41) is 3.23. The Labute approximate surface area is 174 Å². The molecule has 0 radical (unpaired) electrons. The second-order valence-electron chi connectivity index (χ2n) is 8.95. The third-order valence-electron chi connectivity index (χ3n) is 6.78. The summed E-state index contributed by atoms with van der Waals surface area (Å²) in [6.45, 7) is 2.01. The van der Waals surface area contributed by atoms with E-state index in [0.29, 0.717) is 5.95 Å². The van der Waals surface area contributed by atoms with Gasteiger partial charge in [-0.05, 0) is 31.7 Å². The van der Waals surface area contributed by atoms with Crippen molar-refractivity contribution in [2.24, 2.45) is 5.92 Å². The van der Waals surface area contributed by atoms with E-state index in [4.69, 9.17) is 4.98 Å². The summed E-state index contributed by atoms with van der Waals surface area (Å²) in [4.78, 5) is 22.5. The number of piperidine rings is 1. The lowest BCUT2D eigenvalue weighted by molar-refractivity contribution is 0.101. The van der Waals surface area contributed by atoms with Gasteiger partial charge in [-0.2, -0.15) is 4.98 Å². The van der Waals surface area contributed by atoms with E-state index in [1.165, 1.54) is 0 Å². The van der Waals surface area contributed by atoms with Gasteiger partial charge in [0, 0.05) is 69.4 Å². The molecule has 1 spiro atoms. The van der Waals surface area contributed by atoms with Crippen molar-refractivity contribution in [1.29, 1.82) is 0 Å². The van der Waals surface area contributed by atoms with Gasteiger partial charge in [-0.1, -0.05) is 0 Å². The number of anilines is 3. The maximum atomic E-state index is 13.3. The fraction of sp³-hybridized carbons (Fsp3) is 0.619. The van der Waals surface area contributed by atoms with Crippen molar-refractivity contribution in [3.63, 3.8) is 0 Å². The number of nitrogens with zero attached hydrogens (tertiary/aromatic N) is 6. The Morgan fingerprint density at radius 3 is 2.47 bits per heavy atom. The minimum absolute atomic E-state index is 0.00820. The molecule has 0 aromatic carbocycles. The Balaban J connectivity index is 1.39. The second kappa shape index (κ2) is 6.99. The highest BCUT2D eigenvalue weighted by Crippen LogP contribution is 2.50. The lowest BCUT2D eigenvalue weighted by Gasteiger charge is -2.39. The van der Waals surface area contributed by atoms with Crippen LogP contribution in [0.25, 0.3) is 0 Å². The predicted molar refractivity (Wildman–Crippen MR) is 111 cm³/mol. The molecule has 2 aromatic rings.